The van der Waals surface area contributed by atoms with Gasteiger partial charge in [0.15, 0.2) is 11.6 Å². The first kappa shape index (κ1) is 20.1. The van der Waals surface area contributed by atoms with Crippen LogP contribution < -0.4 is 5.32 Å². The van der Waals surface area contributed by atoms with E-state index in [1.54, 1.807) is 6.07 Å². The van der Waals surface area contributed by atoms with Gasteiger partial charge in [-0.3, -0.25) is 9.89 Å². The highest BCUT2D eigenvalue weighted by Gasteiger charge is 2.31. The molecule has 2 N–H and O–H groups in total. The van der Waals surface area contributed by atoms with Crippen molar-refractivity contribution in [2.24, 2.45) is 0 Å². The zero-order valence-electron chi connectivity index (χ0n) is 13.7. The molecule has 0 radical (unpaired) electrons. The molecule has 28 heavy (non-hydrogen) atoms. The summed E-state index contributed by atoms with van der Waals surface area (Å²) >= 11 is 6.68. The van der Waals surface area contributed by atoms with Crippen molar-refractivity contribution in [3.8, 4) is 11.4 Å². The van der Waals surface area contributed by atoms with E-state index in [-0.39, 0.29) is 33.1 Å². The lowest BCUT2D eigenvalue weighted by molar-refractivity contribution is -0.137. The van der Waals surface area contributed by atoms with Crippen LogP contribution in [0, 0.1) is 5.82 Å². The first-order chi connectivity index (χ1) is 13.2. The molecule has 1 amide bonds. The van der Waals surface area contributed by atoms with Gasteiger partial charge in [-0.2, -0.15) is 13.2 Å². The molecule has 2 aromatic heterocycles. The van der Waals surface area contributed by atoms with Gasteiger partial charge in [0.2, 0.25) is 11.1 Å². The quantitative estimate of drug-likeness (QED) is 0.462. The van der Waals surface area contributed by atoms with Crippen LogP contribution in [0.5, 0.6) is 0 Å². The maximum Gasteiger partial charge on any atom is 0.417 e. The number of amides is 1. The lowest BCUT2D eigenvalue weighted by Gasteiger charge is -2.09. The van der Waals surface area contributed by atoms with E-state index in [4.69, 9.17) is 11.6 Å². The number of alkyl halides is 3. The minimum Gasteiger partial charge on any atom is -0.309 e. The number of rotatable bonds is 5. The number of hydrogen-bond donors (Lipinski definition) is 2. The molecule has 0 saturated carbocycles. The summed E-state index contributed by atoms with van der Waals surface area (Å²) in [6, 6.07) is 6.65. The number of pyridine rings is 1. The van der Waals surface area contributed by atoms with Gasteiger partial charge < -0.3 is 5.32 Å². The van der Waals surface area contributed by atoms with Crippen LogP contribution in [-0.2, 0) is 11.0 Å². The molecule has 12 heteroatoms. The topological polar surface area (TPSA) is 83.6 Å². The first-order valence-corrected chi connectivity index (χ1v) is 8.93. The van der Waals surface area contributed by atoms with Crippen LogP contribution in [0.3, 0.4) is 0 Å². The van der Waals surface area contributed by atoms with Gasteiger partial charge in [0, 0.05) is 6.20 Å². The van der Waals surface area contributed by atoms with E-state index in [1.165, 1.54) is 18.2 Å². The van der Waals surface area contributed by atoms with Gasteiger partial charge in [-0.1, -0.05) is 35.5 Å². The standard InChI is InChI=1S/C16H10ClF4N5OS/c17-10-5-8(16(19,20)21)6-22-14(10)23-12(27)7-28-15-24-13(25-26-15)9-3-1-2-4-11(9)18/h1-6H,7H2,(H,22,23,27)(H,24,25,26). The fraction of sp³-hybridized carbons (Fsp3) is 0.125. The number of anilines is 1. The number of aromatic nitrogens is 4. The van der Waals surface area contributed by atoms with Gasteiger partial charge in [0.05, 0.1) is 21.9 Å². The molecule has 146 valence electrons. The number of hydrogen-bond acceptors (Lipinski definition) is 5. The third-order valence-corrected chi connectivity index (χ3v) is 4.49. The average Bonchev–Trinajstić information content (AvgIpc) is 3.10. The van der Waals surface area contributed by atoms with E-state index >= 15 is 0 Å². The summed E-state index contributed by atoms with van der Waals surface area (Å²) in [5, 5.41) is 8.62. The van der Waals surface area contributed by atoms with Gasteiger partial charge in [0.25, 0.3) is 0 Å². The van der Waals surface area contributed by atoms with Crippen molar-refractivity contribution >= 4 is 35.1 Å². The Hall–Kier alpha value is -2.66. The predicted molar refractivity (Wildman–Crippen MR) is 95.4 cm³/mol. The van der Waals surface area contributed by atoms with Gasteiger partial charge in [-0.15, -0.1) is 5.10 Å². The fourth-order valence-electron chi connectivity index (χ4n) is 2.07. The Kier molecular flexibility index (Phi) is 5.84. The molecule has 0 unspecified atom stereocenters. The highest BCUT2D eigenvalue weighted by molar-refractivity contribution is 7.99. The Balaban J connectivity index is 1.60. The molecule has 3 rings (SSSR count). The van der Waals surface area contributed by atoms with Gasteiger partial charge in [-0.25, -0.2) is 14.4 Å². The summed E-state index contributed by atoms with van der Waals surface area (Å²) in [5.74, 6) is -1.20. The highest BCUT2D eigenvalue weighted by atomic mass is 35.5. The lowest BCUT2D eigenvalue weighted by Crippen LogP contribution is -2.16. The van der Waals surface area contributed by atoms with Crippen molar-refractivity contribution in [2.45, 2.75) is 11.3 Å². The molecule has 1 aromatic carbocycles. The minimum atomic E-state index is -4.59. The Labute approximate surface area is 164 Å². The van der Waals surface area contributed by atoms with E-state index in [0.29, 0.717) is 12.3 Å². The number of H-pyrrole nitrogens is 1. The second-order valence-corrected chi connectivity index (χ2v) is 6.69. The van der Waals surface area contributed by atoms with E-state index in [1.807, 2.05) is 0 Å². The summed E-state index contributed by atoms with van der Waals surface area (Å²) < 4.78 is 51.5. The predicted octanol–water partition coefficient (Wildman–Crippen LogP) is 4.41. The van der Waals surface area contributed by atoms with Crippen molar-refractivity contribution in [2.75, 3.05) is 11.1 Å². The molecule has 0 spiro atoms. The van der Waals surface area contributed by atoms with Crippen LogP contribution in [-0.4, -0.2) is 31.8 Å². The maximum atomic E-state index is 13.7. The van der Waals surface area contributed by atoms with Crippen molar-refractivity contribution in [1.82, 2.24) is 20.2 Å². The van der Waals surface area contributed by atoms with Gasteiger partial charge in [-0.05, 0) is 18.2 Å². The van der Waals surface area contributed by atoms with Crippen molar-refractivity contribution in [3.63, 3.8) is 0 Å². The van der Waals surface area contributed by atoms with Crippen molar-refractivity contribution in [1.29, 1.82) is 0 Å². The second kappa shape index (κ2) is 8.15. The fourth-order valence-corrected chi connectivity index (χ4v) is 2.88. The lowest BCUT2D eigenvalue weighted by atomic mass is 10.2. The number of halogens is 5. The Bertz CT molecular complexity index is 1010. The number of thioether (sulfide) groups is 1. The number of aromatic amines is 1. The zero-order valence-corrected chi connectivity index (χ0v) is 15.3. The van der Waals surface area contributed by atoms with E-state index < -0.39 is 23.5 Å². The van der Waals surface area contributed by atoms with Crippen LogP contribution in [0.1, 0.15) is 5.56 Å². The molecule has 0 fully saturated rings. The molecule has 3 aromatic rings. The van der Waals surface area contributed by atoms with E-state index in [0.717, 1.165) is 11.8 Å². The molecule has 0 aliphatic heterocycles. The smallest absolute Gasteiger partial charge is 0.309 e. The van der Waals surface area contributed by atoms with Crippen LogP contribution >= 0.6 is 23.4 Å². The summed E-state index contributed by atoms with van der Waals surface area (Å²) in [5.41, 5.74) is -0.793. The van der Waals surface area contributed by atoms with Crippen molar-refractivity contribution in [3.05, 3.63) is 52.9 Å². The number of benzene rings is 1. The number of carbonyl (C=O) groups excluding carboxylic acids is 1. The van der Waals surface area contributed by atoms with Crippen molar-refractivity contribution < 1.29 is 22.4 Å². The molecular weight excluding hydrogens is 422 g/mol. The molecule has 6 nitrogen and oxygen atoms in total. The maximum absolute atomic E-state index is 13.7. The van der Waals surface area contributed by atoms with Crippen LogP contribution in [0.2, 0.25) is 5.02 Å². The molecule has 0 aliphatic rings. The highest BCUT2D eigenvalue weighted by Crippen LogP contribution is 2.32. The largest absolute Gasteiger partial charge is 0.417 e. The summed E-state index contributed by atoms with van der Waals surface area (Å²) in [4.78, 5) is 19.6. The van der Waals surface area contributed by atoms with Crippen LogP contribution in [0.25, 0.3) is 11.4 Å². The molecule has 2 heterocycles. The summed E-state index contributed by atoms with van der Waals surface area (Å²) in [6.45, 7) is 0. The Morgan fingerprint density at radius 1 is 1.29 bits per heavy atom. The minimum absolute atomic E-state index is 0.159. The zero-order chi connectivity index (χ0) is 20.3. The SMILES string of the molecule is O=C(CSc1n[nH]c(-c2ccccc2F)n1)Nc1ncc(C(F)(F)F)cc1Cl. The summed E-state index contributed by atoms with van der Waals surface area (Å²) in [7, 11) is 0. The average molecular weight is 432 g/mol. The van der Waals surface area contributed by atoms with Crippen LogP contribution in [0.15, 0.2) is 41.7 Å². The van der Waals surface area contributed by atoms with E-state index in [2.05, 4.69) is 25.5 Å². The monoisotopic (exact) mass is 431 g/mol. The second-order valence-electron chi connectivity index (χ2n) is 5.34. The molecule has 0 bridgehead atoms. The normalized spacial score (nSPS) is 11.5. The Morgan fingerprint density at radius 2 is 2.04 bits per heavy atom. The molecule has 0 aliphatic carbocycles. The summed E-state index contributed by atoms with van der Waals surface area (Å²) in [6.07, 6.45) is -4.01. The third kappa shape index (κ3) is 4.78. The van der Waals surface area contributed by atoms with E-state index in [9.17, 15) is 22.4 Å². The van der Waals surface area contributed by atoms with Crippen LogP contribution in [0.4, 0.5) is 23.4 Å². The molecular formula is C16H10ClF4N5OS. The number of nitrogens with zero attached hydrogens (tertiary/aromatic N) is 3. The third-order valence-electron chi connectivity index (χ3n) is 3.35. The Morgan fingerprint density at radius 3 is 2.71 bits per heavy atom. The van der Waals surface area contributed by atoms with Gasteiger partial charge in [0.1, 0.15) is 5.82 Å². The first-order valence-electron chi connectivity index (χ1n) is 7.56. The molecule has 0 saturated heterocycles. The van der Waals surface area contributed by atoms with Gasteiger partial charge >= 0.3 is 6.18 Å². The number of carbonyl (C=O) groups is 1. The number of nitrogens with one attached hydrogen (secondary N) is 2. The molecule has 0 atom stereocenters.